The minimum atomic E-state index is 0.352. The monoisotopic (exact) mass is 274 g/mol. The highest BCUT2D eigenvalue weighted by molar-refractivity contribution is 7.99. The van der Waals surface area contributed by atoms with Gasteiger partial charge in [-0.2, -0.15) is 0 Å². The molecule has 2 fully saturated rings. The summed E-state index contributed by atoms with van der Waals surface area (Å²) in [6.45, 7) is 2.15. The summed E-state index contributed by atoms with van der Waals surface area (Å²) >= 11 is 1.83. The van der Waals surface area contributed by atoms with Crippen LogP contribution in [0.5, 0.6) is 0 Å². The molecule has 1 aromatic carbocycles. The molecule has 0 amide bonds. The van der Waals surface area contributed by atoms with Crippen molar-refractivity contribution in [1.82, 2.24) is 0 Å². The molecule has 3 rings (SSSR count). The second kappa shape index (κ2) is 5.70. The van der Waals surface area contributed by atoms with Crippen LogP contribution in [0.25, 0.3) is 0 Å². The van der Waals surface area contributed by atoms with E-state index >= 15 is 0 Å². The van der Waals surface area contributed by atoms with Crippen LogP contribution in [0.3, 0.4) is 0 Å². The predicted octanol–water partition coefficient (Wildman–Crippen LogP) is 4.81. The van der Waals surface area contributed by atoms with Gasteiger partial charge in [0.2, 0.25) is 0 Å². The van der Waals surface area contributed by atoms with E-state index in [0.717, 1.165) is 29.6 Å². The molecule has 3 unspecified atom stereocenters. The van der Waals surface area contributed by atoms with Crippen molar-refractivity contribution < 1.29 is 4.79 Å². The molecule has 0 N–H and O–H groups in total. The minimum Gasteiger partial charge on any atom is -0.294 e. The average Bonchev–Trinajstić information content (AvgIpc) is 3.02. The number of carbonyl (C=O) groups excluding carboxylic acids is 1. The molecule has 19 heavy (non-hydrogen) atoms. The number of benzene rings is 1. The summed E-state index contributed by atoms with van der Waals surface area (Å²) in [6, 6.07) is 8.19. The molecule has 0 saturated heterocycles. The highest BCUT2D eigenvalue weighted by Crippen LogP contribution is 2.49. The second-order valence-corrected chi connectivity index (χ2v) is 7.36. The van der Waals surface area contributed by atoms with Crippen molar-refractivity contribution in [3.8, 4) is 0 Å². The molecular formula is C17H22OS. The van der Waals surface area contributed by atoms with Crippen molar-refractivity contribution in [2.75, 3.05) is 5.75 Å². The third-order valence-electron chi connectivity index (χ3n) is 4.82. The van der Waals surface area contributed by atoms with Gasteiger partial charge < -0.3 is 0 Å². The first-order valence-corrected chi connectivity index (χ1v) is 8.51. The molecule has 102 valence electrons. The number of Topliss-reactive ketones (excluding diaryl/α,β-unsaturated/α-hetero) is 1. The van der Waals surface area contributed by atoms with Gasteiger partial charge in [-0.05, 0) is 54.9 Å². The maximum Gasteiger partial charge on any atom is 0.163 e. The Balaban J connectivity index is 1.60. The van der Waals surface area contributed by atoms with Gasteiger partial charge in [-0.3, -0.25) is 4.79 Å². The smallest absolute Gasteiger partial charge is 0.163 e. The zero-order valence-electron chi connectivity index (χ0n) is 11.6. The maximum atomic E-state index is 12.3. The molecular weight excluding hydrogens is 252 g/mol. The Hall–Kier alpha value is -0.760. The summed E-state index contributed by atoms with van der Waals surface area (Å²) in [4.78, 5) is 13.6. The zero-order chi connectivity index (χ0) is 13.2. The van der Waals surface area contributed by atoms with Gasteiger partial charge in [0.1, 0.15) is 0 Å². The Kier molecular flexibility index (Phi) is 3.97. The van der Waals surface area contributed by atoms with Gasteiger partial charge in [0, 0.05) is 16.9 Å². The summed E-state index contributed by atoms with van der Waals surface area (Å²) in [6.07, 6.45) is 6.26. The van der Waals surface area contributed by atoms with Gasteiger partial charge >= 0.3 is 0 Å². The van der Waals surface area contributed by atoms with Crippen LogP contribution in [0.15, 0.2) is 29.2 Å². The standard InChI is InChI=1S/C17H22OS/c1-2-19-16-7-5-13(6-8-16)17(18)11-15-10-12-3-4-14(15)9-12/h5-8,12,14-15H,2-4,9-11H2,1H3. The van der Waals surface area contributed by atoms with E-state index in [1.165, 1.54) is 30.6 Å². The Morgan fingerprint density at radius 3 is 2.58 bits per heavy atom. The molecule has 1 aromatic rings. The molecule has 0 aromatic heterocycles. The molecule has 2 bridgehead atoms. The topological polar surface area (TPSA) is 17.1 Å². The van der Waals surface area contributed by atoms with Gasteiger partial charge in [0.05, 0.1) is 0 Å². The van der Waals surface area contributed by atoms with E-state index in [9.17, 15) is 4.79 Å². The number of hydrogen-bond acceptors (Lipinski definition) is 2. The molecule has 2 saturated carbocycles. The lowest BCUT2D eigenvalue weighted by molar-refractivity contribution is 0.0944. The van der Waals surface area contributed by atoms with Crippen molar-refractivity contribution >= 4 is 17.5 Å². The second-order valence-electron chi connectivity index (χ2n) is 6.02. The highest BCUT2D eigenvalue weighted by Gasteiger charge is 2.40. The van der Waals surface area contributed by atoms with E-state index < -0.39 is 0 Å². The minimum absolute atomic E-state index is 0.352. The number of fused-ring (bicyclic) bond motifs is 2. The molecule has 1 nitrogen and oxygen atoms in total. The number of thioether (sulfide) groups is 1. The lowest BCUT2D eigenvalue weighted by Gasteiger charge is -2.20. The van der Waals surface area contributed by atoms with Crippen LogP contribution in [-0.2, 0) is 0 Å². The fraction of sp³-hybridized carbons (Fsp3) is 0.588. The molecule has 2 aliphatic rings. The Labute approximate surface area is 120 Å². The molecule has 0 heterocycles. The molecule has 2 aliphatic carbocycles. The van der Waals surface area contributed by atoms with E-state index in [0.29, 0.717) is 11.7 Å². The number of carbonyl (C=O) groups is 1. The number of hydrogen-bond donors (Lipinski definition) is 0. The first-order chi connectivity index (χ1) is 9.26. The van der Waals surface area contributed by atoms with Crippen LogP contribution in [-0.4, -0.2) is 11.5 Å². The maximum absolute atomic E-state index is 12.3. The molecule has 0 aliphatic heterocycles. The van der Waals surface area contributed by atoms with Crippen molar-refractivity contribution in [1.29, 1.82) is 0 Å². The molecule has 2 heteroatoms. The quantitative estimate of drug-likeness (QED) is 0.566. The third-order valence-corrected chi connectivity index (χ3v) is 5.71. The summed E-state index contributed by atoms with van der Waals surface area (Å²) < 4.78 is 0. The number of rotatable bonds is 5. The highest BCUT2D eigenvalue weighted by atomic mass is 32.2. The number of ketones is 1. The first kappa shape index (κ1) is 13.2. The third kappa shape index (κ3) is 2.89. The van der Waals surface area contributed by atoms with Crippen LogP contribution >= 0.6 is 11.8 Å². The average molecular weight is 274 g/mol. The van der Waals surface area contributed by atoms with Gasteiger partial charge in [-0.25, -0.2) is 0 Å². The predicted molar refractivity (Wildman–Crippen MR) is 80.7 cm³/mol. The van der Waals surface area contributed by atoms with Gasteiger partial charge in [-0.15, -0.1) is 11.8 Å². The van der Waals surface area contributed by atoms with Crippen LogP contribution in [0.1, 0.15) is 49.4 Å². The van der Waals surface area contributed by atoms with Crippen LogP contribution in [0.2, 0.25) is 0 Å². The van der Waals surface area contributed by atoms with Gasteiger partial charge in [-0.1, -0.05) is 25.5 Å². The van der Waals surface area contributed by atoms with E-state index in [1.54, 1.807) is 0 Å². The van der Waals surface area contributed by atoms with E-state index in [4.69, 9.17) is 0 Å². The Morgan fingerprint density at radius 2 is 2.00 bits per heavy atom. The summed E-state index contributed by atoms with van der Waals surface area (Å²) in [7, 11) is 0. The molecule has 3 atom stereocenters. The van der Waals surface area contributed by atoms with Crippen molar-refractivity contribution in [3.63, 3.8) is 0 Å². The van der Waals surface area contributed by atoms with Crippen molar-refractivity contribution in [2.45, 2.75) is 43.9 Å². The van der Waals surface area contributed by atoms with Crippen LogP contribution in [0.4, 0.5) is 0 Å². The zero-order valence-corrected chi connectivity index (χ0v) is 12.4. The SMILES string of the molecule is CCSc1ccc(C(=O)CC2CC3CCC2C3)cc1. The normalized spacial score (nSPS) is 28.8. The van der Waals surface area contributed by atoms with E-state index in [2.05, 4.69) is 19.1 Å². The van der Waals surface area contributed by atoms with E-state index in [-0.39, 0.29) is 0 Å². The van der Waals surface area contributed by atoms with Crippen molar-refractivity contribution in [3.05, 3.63) is 29.8 Å². The fourth-order valence-electron chi connectivity index (χ4n) is 3.89. The summed E-state index contributed by atoms with van der Waals surface area (Å²) in [5, 5.41) is 0. The molecule has 0 radical (unpaired) electrons. The Bertz CT molecular complexity index is 451. The van der Waals surface area contributed by atoms with Gasteiger partial charge in [0.15, 0.2) is 5.78 Å². The summed E-state index contributed by atoms with van der Waals surface area (Å²) in [5.41, 5.74) is 0.906. The lowest BCUT2D eigenvalue weighted by atomic mass is 9.84. The van der Waals surface area contributed by atoms with Crippen LogP contribution in [0, 0.1) is 17.8 Å². The van der Waals surface area contributed by atoms with Crippen molar-refractivity contribution in [2.24, 2.45) is 17.8 Å². The summed E-state index contributed by atoms with van der Waals surface area (Å²) in [5.74, 6) is 3.90. The first-order valence-electron chi connectivity index (χ1n) is 7.52. The lowest BCUT2D eigenvalue weighted by Crippen LogP contribution is -2.15. The van der Waals surface area contributed by atoms with Crippen LogP contribution < -0.4 is 0 Å². The van der Waals surface area contributed by atoms with E-state index in [1.807, 2.05) is 23.9 Å². The largest absolute Gasteiger partial charge is 0.294 e. The van der Waals surface area contributed by atoms with Gasteiger partial charge in [0.25, 0.3) is 0 Å². The fourth-order valence-corrected chi connectivity index (χ4v) is 4.55. The Morgan fingerprint density at radius 1 is 1.21 bits per heavy atom. The molecule has 0 spiro atoms.